The van der Waals surface area contributed by atoms with Crippen LogP contribution in [-0.2, 0) is 4.08 Å². The summed E-state index contributed by atoms with van der Waals surface area (Å²) in [5.41, 5.74) is 0.979. The fourth-order valence-corrected chi connectivity index (χ4v) is 5.37. The standard InChI is InChI=1S/C14H18N2OS2/c1-16(2)11-8-18-14(10-15,19-9-11)12-6-4-5-7-13(12)17-3/h4-7,11H,8-9H2,1-3H3. The van der Waals surface area contributed by atoms with Crippen LogP contribution >= 0.6 is 23.5 Å². The van der Waals surface area contributed by atoms with E-state index < -0.39 is 4.08 Å². The SMILES string of the molecule is COc1ccccc1C1(C#N)SCC(N(C)C)CS1. The molecule has 2 rings (SSSR count). The molecule has 0 saturated carbocycles. The molecule has 3 nitrogen and oxygen atoms in total. The molecule has 1 heterocycles. The van der Waals surface area contributed by atoms with Crippen molar-refractivity contribution in [2.75, 3.05) is 32.7 Å². The minimum Gasteiger partial charge on any atom is -0.496 e. The molecule has 0 bridgehead atoms. The highest BCUT2D eigenvalue weighted by Gasteiger charge is 2.41. The van der Waals surface area contributed by atoms with Crippen LogP contribution in [0, 0.1) is 11.3 Å². The van der Waals surface area contributed by atoms with Gasteiger partial charge >= 0.3 is 0 Å². The second-order valence-electron chi connectivity index (χ2n) is 4.67. The number of hydrogen-bond acceptors (Lipinski definition) is 5. The molecule has 0 radical (unpaired) electrons. The van der Waals surface area contributed by atoms with Crippen LogP contribution in [0.1, 0.15) is 5.56 Å². The van der Waals surface area contributed by atoms with Crippen molar-refractivity contribution in [3.05, 3.63) is 29.8 Å². The highest BCUT2D eigenvalue weighted by molar-refractivity contribution is 8.18. The van der Waals surface area contributed by atoms with E-state index in [1.807, 2.05) is 24.3 Å². The average molecular weight is 294 g/mol. The molecule has 0 aromatic heterocycles. The lowest BCUT2D eigenvalue weighted by Gasteiger charge is -2.37. The summed E-state index contributed by atoms with van der Waals surface area (Å²) in [4.78, 5) is 2.23. The van der Waals surface area contributed by atoms with Crippen molar-refractivity contribution in [3.8, 4) is 11.8 Å². The van der Waals surface area contributed by atoms with E-state index >= 15 is 0 Å². The van der Waals surface area contributed by atoms with Gasteiger partial charge in [0.15, 0.2) is 4.08 Å². The summed E-state index contributed by atoms with van der Waals surface area (Å²) in [5.74, 6) is 2.73. The van der Waals surface area contributed by atoms with Gasteiger partial charge < -0.3 is 9.64 Å². The molecule has 19 heavy (non-hydrogen) atoms. The zero-order valence-corrected chi connectivity index (χ0v) is 13.1. The second kappa shape index (κ2) is 6.08. The fourth-order valence-electron chi connectivity index (χ4n) is 2.01. The summed E-state index contributed by atoms with van der Waals surface area (Å²) in [6.45, 7) is 0. The van der Waals surface area contributed by atoms with E-state index in [0.717, 1.165) is 22.8 Å². The van der Waals surface area contributed by atoms with Gasteiger partial charge in [0, 0.05) is 23.1 Å². The maximum absolute atomic E-state index is 9.68. The zero-order chi connectivity index (χ0) is 13.9. The Kier molecular flexibility index (Phi) is 4.67. The number of nitrogens with zero attached hydrogens (tertiary/aromatic N) is 2. The molecule has 0 aliphatic carbocycles. The molecule has 1 aromatic carbocycles. The smallest absolute Gasteiger partial charge is 0.177 e. The Bertz CT molecular complexity index is 477. The fraction of sp³-hybridized carbons (Fsp3) is 0.500. The quantitative estimate of drug-likeness (QED) is 0.857. The van der Waals surface area contributed by atoms with Crippen LogP contribution in [0.5, 0.6) is 5.75 Å². The molecule has 0 unspecified atom stereocenters. The Hall–Kier alpha value is -0.830. The summed E-state index contributed by atoms with van der Waals surface area (Å²) < 4.78 is 4.87. The van der Waals surface area contributed by atoms with Crippen molar-refractivity contribution in [1.29, 1.82) is 5.26 Å². The van der Waals surface area contributed by atoms with Gasteiger partial charge in [-0.1, -0.05) is 18.2 Å². The van der Waals surface area contributed by atoms with Crippen LogP contribution < -0.4 is 4.74 Å². The maximum atomic E-state index is 9.68. The average Bonchev–Trinajstić information content (AvgIpc) is 2.47. The lowest BCUT2D eigenvalue weighted by atomic mass is 10.1. The van der Waals surface area contributed by atoms with Gasteiger partial charge in [-0.3, -0.25) is 0 Å². The third kappa shape index (κ3) is 2.86. The lowest BCUT2D eigenvalue weighted by molar-refractivity contribution is 0.343. The van der Waals surface area contributed by atoms with Crippen LogP contribution in [0.25, 0.3) is 0 Å². The van der Waals surface area contributed by atoms with Gasteiger partial charge in [-0.25, -0.2) is 0 Å². The number of benzene rings is 1. The highest BCUT2D eigenvalue weighted by Crippen LogP contribution is 2.52. The third-order valence-electron chi connectivity index (χ3n) is 3.30. The molecule has 5 heteroatoms. The summed E-state index contributed by atoms with van der Waals surface area (Å²) in [7, 11) is 5.84. The second-order valence-corrected chi connectivity index (χ2v) is 7.40. The first-order valence-corrected chi connectivity index (χ1v) is 8.09. The molecule has 102 valence electrons. The van der Waals surface area contributed by atoms with E-state index in [4.69, 9.17) is 4.74 Å². The Morgan fingerprint density at radius 1 is 1.32 bits per heavy atom. The van der Waals surface area contributed by atoms with E-state index in [1.165, 1.54) is 0 Å². The number of rotatable bonds is 3. The van der Waals surface area contributed by atoms with E-state index in [1.54, 1.807) is 30.6 Å². The molecule has 0 amide bonds. The molecule has 0 atom stereocenters. The van der Waals surface area contributed by atoms with Crippen LogP contribution in [0.15, 0.2) is 24.3 Å². The van der Waals surface area contributed by atoms with Crippen molar-refractivity contribution < 1.29 is 4.74 Å². The minimum absolute atomic E-state index is 0.520. The van der Waals surface area contributed by atoms with Crippen molar-refractivity contribution in [1.82, 2.24) is 4.90 Å². The molecular weight excluding hydrogens is 276 g/mol. The van der Waals surface area contributed by atoms with Crippen LogP contribution in [0.2, 0.25) is 0 Å². The van der Waals surface area contributed by atoms with Crippen molar-refractivity contribution in [3.63, 3.8) is 0 Å². The van der Waals surface area contributed by atoms with Gasteiger partial charge in [0.2, 0.25) is 0 Å². The normalized spacial score (nSPS) is 27.0. The van der Waals surface area contributed by atoms with E-state index in [9.17, 15) is 5.26 Å². The molecule has 1 saturated heterocycles. The monoisotopic (exact) mass is 294 g/mol. The summed E-state index contributed by atoms with van der Waals surface area (Å²) >= 11 is 3.42. The van der Waals surface area contributed by atoms with Crippen LogP contribution in [0.4, 0.5) is 0 Å². The Morgan fingerprint density at radius 2 is 1.95 bits per heavy atom. The van der Waals surface area contributed by atoms with E-state index in [-0.39, 0.29) is 0 Å². The molecule has 1 fully saturated rings. The number of para-hydroxylation sites is 1. The molecule has 1 aliphatic rings. The predicted molar refractivity (Wildman–Crippen MR) is 82.7 cm³/mol. The van der Waals surface area contributed by atoms with Crippen LogP contribution in [0.3, 0.4) is 0 Å². The first-order valence-electron chi connectivity index (χ1n) is 6.12. The molecule has 0 spiro atoms. The number of thioether (sulfide) groups is 2. The van der Waals surface area contributed by atoms with Gasteiger partial charge in [-0.15, -0.1) is 23.5 Å². The highest BCUT2D eigenvalue weighted by atomic mass is 32.2. The molecular formula is C14H18N2OS2. The zero-order valence-electron chi connectivity index (χ0n) is 11.4. The minimum atomic E-state index is -0.543. The van der Waals surface area contributed by atoms with Crippen molar-refractivity contribution in [2.24, 2.45) is 0 Å². The van der Waals surface area contributed by atoms with Crippen LogP contribution in [-0.4, -0.2) is 43.7 Å². The third-order valence-corrected chi connectivity index (χ3v) is 6.54. The van der Waals surface area contributed by atoms with Gasteiger partial charge in [-0.05, 0) is 20.2 Å². The summed E-state index contributed by atoms with van der Waals surface area (Å²) in [6.07, 6.45) is 0. The van der Waals surface area contributed by atoms with Gasteiger partial charge in [0.1, 0.15) is 5.75 Å². The van der Waals surface area contributed by atoms with E-state index in [0.29, 0.717) is 6.04 Å². The number of nitriles is 1. The molecule has 1 aromatic rings. The van der Waals surface area contributed by atoms with Gasteiger partial charge in [0.25, 0.3) is 0 Å². The van der Waals surface area contributed by atoms with Gasteiger partial charge in [0.05, 0.1) is 13.2 Å². The Morgan fingerprint density at radius 3 is 2.47 bits per heavy atom. The number of hydrogen-bond donors (Lipinski definition) is 0. The lowest BCUT2D eigenvalue weighted by Crippen LogP contribution is -2.39. The maximum Gasteiger partial charge on any atom is 0.177 e. The number of ether oxygens (including phenoxy) is 1. The largest absolute Gasteiger partial charge is 0.496 e. The van der Waals surface area contributed by atoms with E-state index in [2.05, 4.69) is 25.1 Å². The van der Waals surface area contributed by atoms with Gasteiger partial charge in [-0.2, -0.15) is 5.26 Å². The topological polar surface area (TPSA) is 36.3 Å². The summed E-state index contributed by atoms with van der Waals surface area (Å²) in [5, 5.41) is 9.68. The van der Waals surface area contributed by atoms with Crippen molar-refractivity contribution >= 4 is 23.5 Å². The Balaban J connectivity index is 2.28. The summed E-state index contributed by atoms with van der Waals surface area (Å²) in [6, 6.07) is 10.8. The first-order chi connectivity index (χ1) is 9.13. The van der Waals surface area contributed by atoms with Crippen molar-refractivity contribution in [2.45, 2.75) is 10.1 Å². The first kappa shape index (κ1) is 14.6. The Labute approximate surface area is 123 Å². The predicted octanol–water partition coefficient (Wildman–Crippen LogP) is 2.78. The number of methoxy groups -OCH3 is 1. The molecule has 0 N–H and O–H groups in total. The molecule has 1 aliphatic heterocycles.